The summed E-state index contributed by atoms with van der Waals surface area (Å²) in [5.41, 5.74) is 4.81. The summed E-state index contributed by atoms with van der Waals surface area (Å²) in [6.07, 6.45) is 2.72. The van der Waals surface area contributed by atoms with Crippen LogP contribution < -0.4 is 0 Å². The molecule has 0 saturated heterocycles. The Hall–Kier alpha value is -1.87. The highest BCUT2D eigenvalue weighted by atomic mass is 79.9. The van der Waals surface area contributed by atoms with Crippen LogP contribution in [-0.4, -0.2) is 37.2 Å². The lowest BCUT2D eigenvalue weighted by Gasteiger charge is -2.29. The van der Waals surface area contributed by atoms with Gasteiger partial charge in [-0.25, -0.2) is 0 Å². The molecule has 1 atom stereocenters. The van der Waals surface area contributed by atoms with Gasteiger partial charge in [0.05, 0.1) is 19.0 Å². The molecule has 3 rings (SSSR count). The number of ether oxygens (including phenoxy) is 1. The van der Waals surface area contributed by atoms with E-state index >= 15 is 0 Å². The SMILES string of the molecule is CCc1ccc(Br)cc1CCc1c(Cl)cccc1C1=NCCN1C(CC#N)OC. The Morgan fingerprint density at radius 2 is 2.10 bits per heavy atom. The van der Waals surface area contributed by atoms with Crippen LogP contribution in [0.1, 0.15) is 35.6 Å². The number of hydrogen-bond donors (Lipinski definition) is 0. The van der Waals surface area contributed by atoms with Crippen molar-refractivity contribution in [3.63, 3.8) is 0 Å². The molecule has 1 unspecified atom stereocenters. The van der Waals surface area contributed by atoms with Crippen molar-refractivity contribution in [2.24, 2.45) is 4.99 Å². The van der Waals surface area contributed by atoms with Gasteiger partial charge in [-0.1, -0.05) is 52.7 Å². The normalized spacial score (nSPS) is 14.6. The highest BCUT2D eigenvalue weighted by Gasteiger charge is 2.28. The first kappa shape index (κ1) is 21.8. The molecule has 0 spiro atoms. The number of benzene rings is 2. The van der Waals surface area contributed by atoms with Crippen molar-refractivity contribution in [1.82, 2.24) is 4.90 Å². The molecule has 0 radical (unpaired) electrons. The molecule has 0 bridgehead atoms. The van der Waals surface area contributed by atoms with E-state index in [0.717, 1.165) is 52.3 Å². The average Bonchev–Trinajstić information content (AvgIpc) is 3.20. The minimum Gasteiger partial charge on any atom is -0.360 e. The zero-order chi connectivity index (χ0) is 20.8. The van der Waals surface area contributed by atoms with E-state index in [1.807, 2.05) is 12.1 Å². The number of rotatable bonds is 8. The van der Waals surface area contributed by atoms with E-state index in [1.165, 1.54) is 11.1 Å². The zero-order valence-corrected chi connectivity index (χ0v) is 19.1. The first-order valence-electron chi connectivity index (χ1n) is 9.85. The van der Waals surface area contributed by atoms with Crippen LogP contribution in [0.25, 0.3) is 0 Å². The molecule has 4 nitrogen and oxygen atoms in total. The van der Waals surface area contributed by atoms with Crippen molar-refractivity contribution in [2.45, 2.75) is 38.8 Å². The molecule has 1 heterocycles. The Kier molecular flexibility index (Phi) is 7.71. The van der Waals surface area contributed by atoms with Crippen molar-refractivity contribution < 1.29 is 4.74 Å². The standard InChI is InChI=1S/C23H25BrClN3O/c1-3-16-7-9-18(24)15-17(16)8-10-19-20(5-4-6-21(19)25)23-27-13-14-28(23)22(29-2)11-12-26/h4-7,9,15,22H,3,8,10-11,13-14H2,1-2H3. The summed E-state index contributed by atoms with van der Waals surface area (Å²) in [5, 5.41) is 9.89. The van der Waals surface area contributed by atoms with Gasteiger partial charge in [0.15, 0.2) is 0 Å². The minimum atomic E-state index is -0.301. The van der Waals surface area contributed by atoms with Gasteiger partial charge in [0.1, 0.15) is 12.1 Å². The number of hydrogen-bond acceptors (Lipinski definition) is 4. The molecule has 0 N–H and O–H groups in total. The molecule has 2 aromatic rings. The highest BCUT2D eigenvalue weighted by molar-refractivity contribution is 9.10. The Morgan fingerprint density at radius 3 is 2.83 bits per heavy atom. The lowest BCUT2D eigenvalue weighted by molar-refractivity contribution is 0.0169. The topological polar surface area (TPSA) is 48.6 Å². The second-order valence-electron chi connectivity index (χ2n) is 6.98. The fourth-order valence-electron chi connectivity index (χ4n) is 3.83. The van der Waals surface area contributed by atoms with Crippen LogP contribution in [-0.2, 0) is 24.0 Å². The molecule has 1 aliphatic rings. The molecule has 152 valence electrons. The molecule has 2 aromatic carbocycles. The predicted octanol–water partition coefficient (Wildman–Crippen LogP) is 5.40. The van der Waals surface area contributed by atoms with E-state index in [2.05, 4.69) is 58.1 Å². The smallest absolute Gasteiger partial charge is 0.144 e. The third-order valence-corrected chi connectivity index (χ3v) is 6.16. The van der Waals surface area contributed by atoms with Crippen molar-refractivity contribution >= 4 is 33.4 Å². The van der Waals surface area contributed by atoms with E-state index in [1.54, 1.807) is 7.11 Å². The summed E-state index contributed by atoms with van der Waals surface area (Å²) in [5.74, 6) is 0.870. The van der Waals surface area contributed by atoms with Crippen LogP contribution in [0.4, 0.5) is 0 Å². The fourth-order valence-corrected chi connectivity index (χ4v) is 4.51. The summed E-state index contributed by atoms with van der Waals surface area (Å²) in [6, 6.07) is 14.6. The van der Waals surface area contributed by atoms with E-state index in [4.69, 9.17) is 26.6 Å². The average molecular weight is 475 g/mol. The Morgan fingerprint density at radius 1 is 1.28 bits per heavy atom. The molecule has 0 fully saturated rings. The first-order valence-corrected chi connectivity index (χ1v) is 11.0. The van der Waals surface area contributed by atoms with Gasteiger partial charge in [0.2, 0.25) is 0 Å². The highest BCUT2D eigenvalue weighted by Crippen LogP contribution is 2.27. The molecule has 6 heteroatoms. The number of aryl methyl sites for hydroxylation is 2. The summed E-state index contributed by atoms with van der Waals surface area (Å²) in [7, 11) is 1.64. The maximum Gasteiger partial charge on any atom is 0.144 e. The summed E-state index contributed by atoms with van der Waals surface area (Å²) in [4.78, 5) is 6.81. The van der Waals surface area contributed by atoms with Gasteiger partial charge in [0.25, 0.3) is 0 Å². The number of methoxy groups -OCH3 is 1. The van der Waals surface area contributed by atoms with Crippen LogP contribution in [0.2, 0.25) is 5.02 Å². The van der Waals surface area contributed by atoms with Gasteiger partial charge >= 0.3 is 0 Å². The van der Waals surface area contributed by atoms with E-state index < -0.39 is 0 Å². The predicted molar refractivity (Wildman–Crippen MR) is 122 cm³/mol. The summed E-state index contributed by atoms with van der Waals surface area (Å²) >= 11 is 10.2. The van der Waals surface area contributed by atoms with E-state index in [0.29, 0.717) is 13.0 Å². The van der Waals surface area contributed by atoms with Crippen molar-refractivity contribution in [3.05, 3.63) is 68.1 Å². The molecule has 0 aromatic heterocycles. The lowest BCUT2D eigenvalue weighted by atomic mass is 9.95. The van der Waals surface area contributed by atoms with Gasteiger partial charge in [-0.15, -0.1) is 0 Å². The summed E-state index contributed by atoms with van der Waals surface area (Å²) in [6.45, 7) is 3.62. The third-order valence-electron chi connectivity index (χ3n) is 5.31. The van der Waals surface area contributed by atoms with Gasteiger partial charge in [-0.3, -0.25) is 4.99 Å². The Bertz CT molecular complexity index is 938. The quantitative estimate of drug-likeness (QED) is 0.515. The van der Waals surface area contributed by atoms with E-state index in [-0.39, 0.29) is 6.23 Å². The lowest BCUT2D eigenvalue weighted by Crippen LogP contribution is -2.40. The Labute approximate surface area is 186 Å². The largest absolute Gasteiger partial charge is 0.360 e. The van der Waals surface area contributed by atoms with Crippen LogP contribution in [0, 0.1) is 11.3 Å². The van der Waals surface area contributed by atoms with Crippen LogP contribution in [0.3, 0.4) is 0 Å². The third kappa shape index (κ3) is 5.01. The maximum absolute atomic E-state index is 9.14. The molecule has 0 aliphatic carbocycles. The van der Waals surface area contributed by atoms with Crippen LogP contribution >= 0.6 is 27.5 Å². The monoisotopic (exact) mass is 473 g/mol. The Balaban J connectivity index is 1.90. The van der Waals surface area contributed by atoms with Crippen molar-refractivity contribution in [2.75, 3.05) is 20.2 Å². The molecule has 1 aliphatic heterocycles. The minimum absolute atomic E-state index is 0.295. The molecular weight excluding hydrogens is 450 g/mol. The number of nitriles is 1. The molecule has 0 amide bonds. The molecular formula is C23H25BrClN3O. The second-order valence-corrected chi connectivity index (χ2v) is 8.31. The summed E-state index contributed by atoms with van der Waals surface area (Å²) < 4.78 is 6.65. The van der Waals surface area contributed by atoms with Crippen molar-refractivity contribution in [1.29, 1.82) is 5.26 Å². The molecule has 0 saturated carbocycles. The zero-order valence-electron chi connectivity index (χ0n) is 16.8. The van der Waals surface area contributed by atoms with Crippen LogP contribution in [0.5, 0.6) is 0 Å². The first-order chi connectivity index (χ1) is 14.1. The van der Waals surface area contributed by atoms with Gasteiger partial charge in [-0.05, 0) is 54.2 Å². The number of amidine groups is 1. The molecule has 29 heavy (non-hydrogen) atoms. The van der Waals surface area contributed by atoms with Crippen LogP contribution in [0.15, 0.2) is 45.9 Å². The van der Waals surface area contributed by atoms with Crippen molar-refractivity contribution in [3.8, 4) is 6.07 Å². The maximum atomic E-state index is 9.14. The number of halogens is 2. The fraction of sp³-hybridized carbons (Fsp3) is 0.391. The second kappa shape index (κ2) is 10.2. The number of aliphatic imine (C=N–C) groups is 1. The van der Waals surface area contributed by atoms with Gasteiger partial charge in [0, 0.05) is 28.7 Å². The number of nitrogens with zero attached hydrogens (tertiary/aromatic N) is 3. The van der Waals surface area contributed by atoms with E-state index in [9.17, 15) is 0 Å². The van der Waals surface area contributed by atoms with Gasteiger partial charge in [-0.2, -0.15) is 5.26 Å². The van der Waals surface area contributed by atoms with Gasteiger partial charge < -0.3 is 9.64 Å².